The summed E-state index contributed by atoms with van der Waals surface area (Å²) in [4.78, 5) is 26.4. The first-order valence-electron chi connectivity index (χ1n) is 13.7. The summed E-state index contributed by atoms with van der Waals surface area (Å²) in [5.41, 5.74) is 3.55. The lowest BCUT2D eigenvalue weighted by Crippen LogP contribution is -2.49. The number of fused-ring (bicyclic) bond motifs is 1. The van der Waals surface area contributed by atoms with Gasteiger partial charge >= 0.3 is 5.97 Å². The predicted octanol–water partition coefficient (Wildman–Crippen LogP) is 5.10. The number of pyridine rings is 1. The molecule has 1 unspecified atom stereocenters. The molecule has 3 aliphatic rings. The van der Waals surface area contributed by atoms with Crippen molar-refractivity contribution in [2.75, 3.05) is 44.6 Å². The van der Waals surface area contributed by atoms with Crippen LogP contribution in [0.4, 0.5) is 11.7 Å². The summed E-state index contributed by atoms with van der Waals surface area (Å²) in [5, 5.41) is 14.3. The van der Waals surface area contributed by atoms with Crippen LogP contribution in [0.1, 0.15) is 55.8 Å². The van der Waals surface area contributed by atoms with Gasteiger partial charge in [-0.15, -0.1) is 0 Å². The molecule has 0 aromatic carbocycles. The molecule has 0 saturated carbocycles. The van der Waals surface area contributed by atoms with Crippen LogP contribution in [0.15, 0.2) is 51.2 Å². The number of aliphatic imine (C=N–C) groups is 1. The number of hydrogen-bond acceptors (Lipinski definition) is 9. The molecule has 1 aliphatic carbocycles. The summed E-state index contributed by atoms with van der Waals surface area (Å²) in [6.07, 6.45) is 10.2. The molecule has 206 valence electrons. The number of anilines is 1. The summed E-state index contributed by atoms with van der Waals surface area (Å²) in [7, 11) is 0. The highest BCUT2D eigenvalue weighted by atomic mass is 16.5. The van der Waals surface area contributed by atoms with E-state index in [1.54, 1.807) is 25.4 Å². The molecule has 39 heavy (non-hydrogen) atoms. The van der Waals surface area contributed by atoms with Gasteiger partial charge in [-0.05, 0) is 69.9 Å². The number of esters is 1. The van der Waals surface area contributed by atoms with Crippen molar-refractivity contribution in [3.8, 4) is 5.75 Å². The number of ether oxygens (including phenoxy) is 1. The molecule has 1 fully saturated rings. The Hall–Kier alpha value is -3.69. The summed E-state index contributed by atoms with van der Waals surface area (Å²) in [5.74, 6) is 0.404. The van der Waals surface area contributed by atoms with Crippen molar-refractivity contribution in [3.05, 3.63) is 58.6 Å². The SMILES string of the molecule is CCOC(=O)c1c(NC2=C(C)CC(CN3CCN(C(C)C)CC3)C=C2)oc(C=C2C=Nc3ncccc32)c1O. The van der Waals surface area contributed by atoms with Crippen molar-refractivity contribution in [2.24, 2.45) is 10.9 Å². The van der Waals surface area contributed by atoms with Crippen molar-refractivity contribution in [1.82, 2.24) is 14.8 Å². The third kappa shape index (κ3) is 5.84. The zero-order chi connectivity index (χ0) is 27.5. The summed E-state index contributed by atoms with van der Waals surface area (Å²) in [6, 6.07) is 4.31. The van der Waals surface area contributed by atoms with E-state index >= 15 is 0 Å². The number of furan rings is 1. The first-order valence-corrected chi connectivity index (χ1v) is 13.7. The zero-order valence-electron chi connectivity index (χ0n) is 23.1. The van der Waals surface area contributed by atoms with Crippen molar-refractivity contribution >= 4 is 35.5 Å². The fourth-order valence-corrected chi connectivity index (χ4v) is 5.34. The second-order valence-electron chi connectivity index (χ2n) is 10.5. The van der Waals surface area contributed by atoms with E-state index in [1.807, 2.05) is 18.2 Å². The quantitative estimate of drug-likeness (QED) is 0.454. The van der Waals surface area contributed by atoms with E-state index in [9.17, 15) is 9.90 Å². The van der Waals surface area contributed by atoms with Crippen LogP contribution in [0.3, 0.4) is 0 Å². The van der Waals surface area contributed by atoms with Gasteiger partial charge in [0.25, 0.3) is 0 Å². The van der Waals surface area contributed by atoms with Crippen LogP contribution in [-0.4, -0.2) is 77.4 Å². The summed E-state index contributed by atoms with van der Waals surface area (Å²) >= 11 is 0. The fourth-order valence-electron chi connectivity index (χ4n) is 5.34. The van der Waals surface area contributed by atoms with Gasteiger partial charge in [-0.2, -0.15) is 0 Å². The van der Waals surface area contributed by atoms with E-state index in [2.05, 4.69) is 51.9 Å². The molecule has 1 saturated heterocycles. The van der Waals surface area contributed by atoms with E-state index in [0.717, 1.165) is 61.6 Å². The van der Waals surface area contributed by atoms with Gasteiger partial charge in [-0.3, -0.25) is 4.90 Å². The molecule has 2 aliphatic heterocycles. The molecule has 2 N–H and O–H groups in total. The minimum Gasteiger partial charge on any atom is -0.504 e. The number of aromatic hydroxyl groups is 1. The van der Waals surface area contributed by atoms with Crippen LogP contribution in [-0.2, 0) is 4.74 Å². The average Bonchev–Trinajstić information content (AvgIpc) is 3.46. The molecule has 9 heteroatoms. The van der Waals surface area contributed by atoms with Gasteiger partial charge in [0.05, 0.1) is 6.61 Å². The van der Waals surface area contributed by atoms with Crippen LogP contribution < -0.4 is 5.32 Å². The molecule has 2 aromatic rings. The largest absolute Gasteiger partial charge is 0.504 e. The second kappa shape index (κ2) is 11.6. The normalized spacial score (nSPS) is 20.7. The molecule has 5 rings (SSSR count). The van der Waals surface area contributed by atoms with E-state index < -0.39 is 5.97 Å². The number of carbonyl (C=O) groups is 1. The van der Waals surface area contributed by atoms with Crippen LogP contribution in [0.25, 0.3) is 11.6 Å². The van der Waals surface area contributed by atoms with Gasteiger partial charge in [-0.1, -0.05) is 6.08 Å². The van der Waals surface area contributed by atoms with E-state index in [4.69, 9.17) is 9.15 Å². The number of nitrogens with zero attached hydrogens (tertiary/aromatic N) is 4. The smallest absolute Gasteiger partial charge is 0.347 e. The van der Waals surface area contributed by atoms with E-state index in [1.165, 1.54) is 0 Å². The molecule has 1 atom stereocenters. The first-order chi connectivity index (χ1) is 18.8. The Labute approximate surface area is 229 Å². The zero-order valence-corrected chi connectivity index (χ0v) is 23.1. The van der Waals surface area contributed by atoms with Crippen molar-refractivity contribution in [1.29, 1.82) is 0 Å². The molecular formula is C30H37N5O4. The fraction of sp³-hybridized carbons (Fsp3) is 0.433. The highest BCUT2D eigenvalue weighted by molar-refractivity contribution is 6.21. The Kier molecular flexibility index (Phi) is 7.99. The number of nitrogens with one attached hydrogen (secondary N) is 1. The Morgan fingerprint density at radius 1 is 1.31 bits per heavy atom. The lowest BCUT2D eigenvalue weighted by molar-refractivity contribution is 0.0524. The maximum atomic E-state index is 12.8. The molecule has 2 aromatic heterocycles. The lowest BCUT2D eigenvalue weighted by Gasteiger charge is -2.38. The Balaban J connectivity index is 1.33. The van der Waals surface area contributed by atoms with Crippen molar-refractivity contribution < 1.29 is 19.1 Å². The van der Waals surface area contributed by atoms with Gasteiger partial charge in [0, 0.05) is 68.0 Å². The van der Waals surface area contributed by atoms with Gasteiger partial charge in [0.2, 0.25) is 5.88 Å². The molecule has 4 heterocycles. The number of piperazine rings is 1. The second-order valence-corrected chi connectivity index (χ2v) is 10.5. The lowest BCUT2D eigenvalue weighted by atomic mass is 9.92. The van der Waals surface area contributed by atoms with Crippen molar-refractivity contribution in [3.63, 3.8) is 0 Å². The average molecular weight is 532 g/mol. The highest BCUT2D eigenvalue weighted by Crippen LogP contribution is 2.39. The van der Waals surface area contributed by atoms with Crippen LogP contribution >= 0.6 is 0 Å². The minimum absolute atomic E-state index is 0.0242. The number of rotatable bonds is 8. The topological polar surface area (TPSA) is 103 Å². The number of aromatic nitrogens is 1. The van der Waals surface area contributed by atoms with E-state index in [-0.39, 0.29) is 29.6 Å². The van der Waals surface area contributed by atoms with Gasteiger partial charge < -0.3 is 24.5 Å². The standard InChI is InChI=1S/C30H37N5O4/c1-5-38-30(37)26-27(36)25(16-22-17-32-28-23(22)7-6-10-31-28)39-29(26)33-24-9-8-21(15-20(24)4)18-34-11-13-35(14-12-34)19(2)3/h6-10,16-17,19,21,33,36H,5,11-15,18H2,1-4H3. The number of allylic oxidation sites excluding steroid dienone is 3. The van der Waals surface area contributed by atoms with Crippen LogP contribution in [0, 0.1) is 5.92 Å². The minimum atomic E-state index is -0.649. The summed E-state index contributed by atoms with van der Waals surface area (Å²) < 4.78 is 11.2. The molecule has 0 amide bonds. The Morgan fingerprint density at radius 2 is 2.10 bits per heavy atom. The van der Waals surface area contributed by atoms with Gasteiger partial charge in [0.15, 0.2) is 22.9 Å². The Bertz CT molecular complexity index is 1350. The molecule has 0 radical (unpaired) electrons. The monoisotopic (exact) mass is 531 g/mol. The predicted molar refractivity (Wildman–Crippen MR) is 153 cm³/mol. The molecule has 0 spiro atoms. The molecular weight excluding hydrogens is 494 g/mol. The molecule has 9 nitrogen and oxygen atoms in total. The summed E-state index contributed by atoms with van der Waals surface area (Å²) in [6.45, 7) is 13.9. The maximum absolute atomic E-state index is 12.8. The van der Waals surface area contributed by atoms with E-state index in [0.29, 0.717) is 17.8 Å². The third-order valence-corrected chi connectivity index (χ3v) is 7.54. The number of carbonyl (C=O) groups excluding carboxylic acids is 1. The molecule has 0 bridgehead atoms. The maximum Gasteiger partial charge on any atom is 0.347 e. The van der Waals surface area contributed by atoms with Crippen LogP contribution in [0.5, 0.6) is 5.75 Å². The van der Waals surface area contributed by atoms with Crippen molar-refractivity contribution in [2.45, 2.75) is 40.2 Å². The van der Waals surface area contributed by atoms with Crippen LogP contribution in [0.2, 0.25) is 0 Å². The third-order valence-electron chi connectivity index (χ3n) is 7.54. The van der Waals surface area contributed by atoms with Gasteiger partial charge in [0.1, 0.15) is 0 Å². The van der Waals surface area contributed by atoms with Gasteiger partial charge in [-0.25, -0.2) is 14.8 Å². The number of hydrogen-bond donors (Lipinski definition) is 2. The first kappa shape index (κ1) is 26.9. The Morgan fingerprint density at radius 3 is 2.82 bits per heavy atom. The highest BCUT2D eigenvalue weighted by Gasteiger charge is 2.29.